The third-order valence-electron chi connectivity index (χ3n) is 5.59. The van der Waals surface area contributed by atoms with Crippen LogP contribution >= 0.6 is 0 Å². The van der Waals surface area contributed by atoms with Crippen LogP contribution in [0.25, 0.3) is 11.1 Å². The van der Waals surface area contributed by atoms with E-state index in [1.807, 2.05) is 23.1 Å². The molecule has 0 bridgehead atoms. The van der Waals surface area contributed by atoms with E-state index in [0.717, 1.165) is 59.5 Å². The van der Waals surface area contributed by atoms with E-state index in [1.54, 1.807) is 25.4 Å². The lowest BCUT2D eigenvalue weighted by atomic mass is 10.1. The molecule has 0 fully saturated rings. The summed E-state index contributed by atoms with van der Waals surface area (Å²) in [4.78, 5) is 15.2. The van der Waals surface area contributed by atoms with Crippen molar-refractivity contribution in [1.29, 1.82) is 0 Å². The van der Waals surface area contributed by atoms with Crippen LogP contribution in [0.4, 0.5) is 11.5 Å². The smallest absolute Gasteiger partial charge is 0.269 e. The second-order valence-corrected chi connectivity index (χ2v) is 7.75. The van der Waals surface area contributed by atoms with Gasteiger partial charge in [0.2, 0.25) is 0 Å². The Labute approximate surface area is 186 Å². The van der Waals surface area contributed by atoms with Gasteiger partial charge in [-0.1, -0.05) is 25.5 Å². The van der Waals surface area contributed by atoms with Crippen molar-refractivity contribution in [3.63, 3.8) is 0 Å². The number of methoxy groups -OCH3 is 1. The third kappa shape index (κ3) is 4.57. The first-order valence-electron chi connectivity index (χ1n) is 10.8. The van der Waals surface area contributed by atoms with Crippen molar-refractivity contribution in [3.8, 4) is 16.9 Å². The Balaban J connectivity index is 1.54. The third-order valence-corrected chi connectivity index (χ3v) is 5.59. The molecule has 0 saturated carbocycles. The number of nitro groups is 1. The van der Waals surface area contributed by atoms with Crippen LogP contribution in [-0.4, -0.2) is 33.4 Å². The number of unbranched alkanes of at least 4 members (excludes halogenated alkanes) is 1. The average Bonchev–Trinajstić information content (AvgIpc) is 3.49. The molecule has 0 saturated heterocycles. The van der Waals surface area contributed by atoms with Crippen LogP contribution in [0.5, 0.6) is 5.75 Å². The van der Waals surface area contributed by atoms with E-state index in [1.165, 1.54) is 6.07 Å². The number of benzene rings is 1. The molecule has 1 unspecified atom stereocenters. The van der Waals surface area contributed by atoms with E-state index >= 15 is 0 Å². The van der Waals surface area contributed by atoms with Gasteiger partial charge >= 0.3 is 0 Å². The number of nitrogens with zero attached hydrogens (tertiary/aromatic N) is 4. The molecule has 32 heavy (non-hydrogen) atoms. The summed E-state index contributed by atoms with van der Waals surface area (Å²) in [6.07, 6.45) is 9.30. The lowest BCUT2D eigenvalue weighted by molar-refractivity contribution is -0.384. The molecule has 1 N–H and O–H groups in total. The summed E-state index contributed by atoms with van der Waals surface area (Å²) in [7, 11) is 1.70. The predicted molar refractivity (Wildman–Crippen MR) is 121 cm³/mol. The first-order chi connectivity index (χ1) is 15.6. The highest BCUT2D eigenvalue weighted by atomic mass is 16.6. The molecule has 1 aliphatic heterocycles. The topological polar surface area (TPSA) is 104 Å². The molecule has 0 amide bonds. The number of hydrogen-bond acceptors (Lipinski definition) is 7. The molecular weight excluding hydrogens is 410 g/mol. The molecule has 4 rings (SSSR count). The quantitative estimate of drug-likeness (QED) is 0.361. The van der Waals surface area contributed by atoms with Crippen molar-refractivity contribution in [2.45, 2.75) is 45.4 Å². The minimum absolute atomic E-state index is 0.0754. The van der Waals surface area contributed by atoms with Crippen molar-refractivity contribution in [3.05, 3.63) is 64.1 Å². The fourth-order valence-electron chi connectivity index (χ4n) is 3.88. The van der Waals surface area contributed by atoms with Crippen molar-refractivity contribution in [2.24, 2.45) is 0 Å². The summed E-state index contributed by atoms with van der Waals surface area (Å²) in [6.45, 7) is 3.18. The zero-order valence-corrected chi connectivity index (χ0v) is 18.3. The van der Waals surface area contributed by atoms with E-state index in [0.29, 0.717) is 13.2 Å². The summed E-state index contributed by atoms with van der Waals surface area (Å²) in [5.41, 5.74) is 3.73. The minimum atomic E-state index is -0.390. The van der Waals surface area contributed by atoms with Gasteiger partial charge in [0.15, 0.2) is 0 Å². The second kappa shape index (κ2) is 9.78. The maximum Gasteiger partial charge on any atom is 0.269 e. The van der Waals surface area contributed by atoms with Gasteiger partial charge in [0.1, 0.15) is 17.8 Å². The Morgan fingerprint density at radius 1 is 1.38 bits per heavy atom. The zero-order valence-electron chi connectivity index (χ0n) is 18.3. The van der Waals surface area contributed by atoms with Crippen LogP contribution in [0.15, 0.2) is 42.9 Å². The Morgan fingerprint density at radius 3 is 3.03 bits per heavy atom. The van der Waals surface area contributed by atoms with Crippen LogP contribution in [0.1, 0.15) is 43.5 Å². The SMILES string of the molecule is CCCCC(OC)n1cc(-c2cnc(NCc3cccc([N+](=O)[O-])c3)c3c2OCC3)cn1. The van der Waals surface area contributed by atoms with Crippen LogP contribution in [0.3, 0.4) is 0 Å². The van der Waals surface area contributed by atoms with Gasteiger partial charge in [-0.25, -0.2) is 9.67 Å². The molecule has 1 atom stereocenters. The fourth-order valence-corrected chi connectivity index (χ4v) is 3.88. The summed E-state index contributed by atoms with van der Waals surface area (Å²) in [6, 6.07) is 6.59. The van der Waals surface area contributed by atoms with Crippen molar-refractivity contribution in [1.82, 2.24) is 14.8 Å². The molecule has 168 valence electrons. The molecule has 3 heterocycles. The highest BCUT2D eigenvalue weighted by Crippen LogP contribution is 2.40. The van der Waals surface area contributed by atoms with Crippen molar-refractivity contribution < 1.29 is 14.4 Å². The van der Waals surface area contributed by atoms with Crippen LogP contribution < -0.4 is 10.1 Å². The molecule has 2 aromatic heterocycles. The van der Waals surface area contributed by atoms with Gasteiger partial charge in [0.25, 0.3) is 5.69 Å². The van der Waals surface area contributed by atoms with Gasteiger partial charge in [-0.2, -0.15) is 5.10 Å². The summed E-state index contributed by atoms with van der Waals surface area (Å²) in [5, 5.41) is 18.8. The Kier molecular flexibility index (Phi) is 6.65. The standard InChI is InChI=1S/C23H27N5O4/c1-3-4-8-21(31-2)27-15-17(13-26-27)20-14-25-23(19-9-10-32-22(19)20)24-12-16-6-5-7-18(11-16)28(29)30/h5-7,11,13-15,21H,3-4,8-10,12H2,1-2H3,(H,24,25). The minimum Gasteiger partial charge on any atom is -0.492 e. The summed E-state index contributed by atoms with van der Waals surface area (Å²) < 4.78 is 13.4. The first-order valence-corrected chi connectivity index (χ1v) is 10.8. The first kappa shape index (κ1) is 21.8. The lowest BCUT2D eigenvalue weighted by Gasteiger charge is -2.15. The van der Waals surface area contributed by atoms with Gasteiger partial charge in [0, 0.05) is 61.3 Å². The number of non-ortho nitro benzene ring substituents is 1. The van der Waals surface area contributed by atoms with Crippen LogP contribution in [-0.2, 0) is 17.7 Å². The Morgan fingerprint density at radius 2 is 2.25 bits per heavy atom. The van der Waals surface area contributed by atoms with E-state index in [2.05, 4.69) is 22.3 Å². The van der Waals surface area contributed by atoms with Gasteiger partial charge in [-0.3, -0.25) is 10.1 Å². The molecule has 1 aliphatic rings. The average molecular weight is 438 g/mol. The molecule has 1 aromatic carbocycles. The van der Waals surface area contributed by atoms with Gasteiger partial charge in [-0.15, -0.1) is 0 Å². The van der Waals surface area contributed by atoms with E-state index in [4.69, 9.17) is 9.47 Å². The molecular formula is C23H27N5O4. The number of fused-ring (bicyclic) bond motifs is 1. The number of aromatic nitrogens is 3. The second-order valence-electron chi connectivity index (χ2n) is 7.75. The Hall–Kier alpha value is -3.46. The van der Waals surface area contributed by atoms with Crippen molar-refractivity contribution in [2.75, 3.05) is 19.0 Å². The predicted octanol–water partition coefficient (Wildman–Crippen LogP) is 4.74. The molecule has 0 aliphatic carbocycles. The maximum atomic E-state index is 11.0. The number of rotatable bonds is 10. The number of nitro benzene ring substituents is 1. The normalized spacial score (nSPS) is 13.4. The molecule has 9 nitrogen and oxygen atoms in total. The molecule has 9 heteroatoms. The number of anilines is 1. The Bertz CT molecular complexity index is 1100. The highest BCUT2D eigenvalue weighted by molar-refractivity contribution is 5.74. The van der Waals surface area contributed by atoms with E-state index < -0.39 is 4.92 Å². The number of ether oxygens (including phenoxy) is 2. The maximum absolute atomic E-state index is 11.0. The number of hydrogen-bond donors (Lipinski definition) is 1. The highest BCUT2D eigenvalue weighted by Gasteiger charge is 2.23. The molecule has 0 radical (unpaired) electrons. The summed E-state index contributed by atoms with van der Waals surface area (Å²) in [5.74, 6) is 1.54. The van der Waals surface area contributed by atoms with E-state index in [9.17, 15) is 10.1 Å². The number of nitrogens with one attached hydrogen (secondary N) is 1. The fraction of sp³-hybridized carbons (Fsp3) is 0.391. The van der Waals surface area contributed by atoms with Crippen LogP contribution in [0, 0.1) is 10.1 Å². The summed E-state index contributed by atoms with van der Waals surface area (Å²) >= 11 is 0. The largest absolute Gasteiger partial charge is 0.492 e. The molecule has 3 aromatic rings. The lowest BCUT2D eigenvalue weighted by Crippen LogP contribution is -2.11. The van der Waals surface area contributed by atoms with E-state index in [-0.39, 0.29) is 11.9 Å². The van der Waals surface area contributed by atoms with Gasteiger partial charge < -0.3 is 14.8 Å². The monoisotopic (exact) mass is 437 g/mol. The van der Waals surface area contributed by atoms with Crippen LogP contribution in [0.2, 0.25) is 0 Å². The molecule has 0 spiro atoms. The van der Waals surface area contributed by atoms with Gasteiger partial charge in [0.05, 0.1) is 17.7 Å². The van der Waals surface area contributed by atoms with Gasteiger partial charge in [-0.05, 0) is 18.4 Å². The number of pyridine rings is 1. The van der Waals surface area contributed by atoms with Crippen molar-refractivity contribution >= 4 is 11.5 Å². The zero-order chi connectivity index (χ0) is 22.5.